The van der Waals surface area contributed by atoms with E-state index in [1.54, 1.807) is 6.20 Å². The van der Waals surface area contributed by atoms with Gasteiger partial charge in [-0.2, -0.15) is 0 Å². The molecule has 1 aromatic rings. The molecule has 4 heteroatoms. The molecule has 1 aromatic heterocycles. The highest BCUT2D eigenvalue weighted by Crippen LogP contribution is 2.09. The van der Waals surface area contributed by atoms with Crippen molar-refractivity contribution < 1.29 is 4.79 Å². The predicted octanol–water partition coefficient (Wildman–Crippen LogP) is 0.740. The third-order valence-corrected chi connectivity index (χ3v) is 3.07. The second-order valence-electron chi connectivity index (χ2n) is 4.41. The number of nitrogens with zero attached hydrogens (tertiary/aromatic N) is 1. The molecule has 1 aliphatic rings. The van der Waals surface area contributed by atoms with E-state index in [0.717, 1.165) is 38.0 Å². The van der Waals surface area contributed by atoms with Crippen LogP contribution in [0.3, 0.4) is 0 Å². The molecule has 1 atom stereocenters. The van der Waals surface area contributed by atoms with Gasteiger partial charge in [-0.25, -0.2) is 0 Å². The van der Waals surface area contributed by atoms with Crippen molar-refractivity contribution in [3.8, 4) is 0 Å². The third kappa shape index (κ3) is 3.82. The Balaban J connectivity index is 1.69. The van der Waals surface area contributed by atoms with E-state index < -0.39 is 0 Å². The lowest BCUT2D eigenvalue weighted by molar-refractivity contribution is -0.125. The molecule has 0 radical (unpaired) electrons. The largest absolute Gasteiger partial charge is 0.355 e. The summed E-state index contributed by atoms with van der Waals surface area (Å²) in [4.78, 5) is 16.0. The minimum Gasteiger partial charge on any atom is -0.355 e. The molecule has 0 aromatic carbocycles. The number of rotatable bonds is 4. The zero-order valence-corrected chi connectivity index (χ0v) is 9.98. The van der Waals surface area contributed by atoms with Gasteiger partial charge in [-0.05, 0) is 31.5 Å². The first-order valence-electron chi connectivity index (χ1n) is 6.24. The third-order valence-electron chi connectivity index (χ3n) is 3.07. The summed E-state index contributed by atoms with van der Waals surface area (Å²) in [6.07, 6.45) is 4.68. The van der Waals surface area contributed by atoms with Crippen LogP contribution in [0.5, 0.6) is 0 Å². The molecular formula is C13H19N3O. The Morgan fingerprint density at radius 1 is 1.53 bits per heavy atom. The molecule has 1 aliphatic heterocycles. The molecule has 92 valence electrons. The summed E-state index contributed by atoms with van der Waals surface area (Å²) in [5, 5.41) is 6.23. The van der Waals surface area contributed by atoms with Crippen LogP contribution in [0.1, 0.15) is 18.5 Å². The summed E-state index contributed by atoms with van der Waals surface area (Å²) in [6, 6.07) is 5.85. The summed E-state index contributed by atoms with van der Waals surface area (Å²) in [7, 11) is 0. The summed E-state index contributed by atoms with van der Waals surface area (Å²) in [6.45, 7) is 2.53. The highest BCUT2D eigenvalue weighted by molar-refractivity contribution is 5.78. The van der Waals surface area contributed by atoms with Gasteiger partial charge in [0.1, 0.15) is 0 Å². The number of nitrogens with one attached hydrogen (secondary N) is 2. The maximum absolute atomic E-state index is 11.8. The van der Waals surface area contributed by atoms with Gasteiger partial charge in [0.25, 0.3) is 0 Å². The number of hydrogen-bond donors (Lipinski definition) is 2. The van der Waals surface area contributed by atoms with E-state index in [1.807, 2.05) is 18.2 Å². The number of piperidine rings is 1. The average molecular weight is 233 g/mol. The Labute approximate surface area is 102 Å². The van der Waals surface area contributed by atoms with Crippen molar-refractivity contribution in [1.82, 2.24) is 15.6 Å². The van der Waals surface area contributed by atoms with Crippen LogP contribution in [0.25, 0.3) is 0 Å². The van der Waals surface area contributed by atoms with E-state index in [2.05, 4.69) is 15.6 Å². The Hall–Kier alpha value is -1.42. The molecular weight excluding hydrogens is 214 g/mol. The van der Waals surface area contributed by atoms with Crippen LogP contribution in [0.15, 0.2) is 24.4 Å². The molecule has 0 aliphatic carbocycles. The van der Waals surface area contributed by atoms with Crippen molar-refractivity contribution in [3.63, 3.8) is 0 Å². The fourth-order valence-corrected chi connectivity index (χ4v) is 2.08. The number of carbonyl (C=O) groups excluding carboxylic acids is 1. The van der Waals surface area contributed by atoms with Crippen molar-refractivity contribution in [3.05, 3.63) is 30.1 Å². The van der Waals surface area contributed by atoms with Crippen molar-refractivity contribution in [1.29, 1.82) is 0 Å². The molecule has 0 saturated carbocycles. The topological polar surface area (TPSA) is 54.0 Å². The van der Waals surface area contributed by atoms with Gasteiger partial charge in [0.05, 0.1) is 5.92 Å². The summed E-state index contributed by atoms with van der Waals surface area (Å²) in [5.74, 6) is 0.320. The van der Waals surface area contributed by atoms with Crippen molar-refractivity contribution >= 4 is 5.91 Å². The summed E-state index contributed by atoms with van der Waals surface area (Å²) in [5.41, 5.74) is 1.02. The minimum absolute atomic E-state index is 0.146. The van der Waals surface area contributed by atoms with Gasteiger partial charge in [-0.3, -0.25) is 9.78 Å². The lowest BCUT2D eigenvalue weighted by Crippen LogP contribution is -2.41. The lowest BCUT2D eigenvalue weighted by atomic mass is 9.99. The second-order valence-corrected chi connectivity index (χ2v) is 4.41. The van der Waals surface area contributed by atoms with Crippen LogP contribution in [0, 0.1) is 5.92 Å². The van der Waals surface area contributed by atoms with E-state index >= 15 is 0 Å². The Kier molecular flexibility index (Phi) is 4.50. The van der Waals surface area contributed by atoms with E-state index in [1.165, 1.54) is 0 Å². The number of pyridine rings is 1. The van der Waals surface area contributed by atoms with Gasteiger partial charge in [-0.15, -0.1) is 0 Å². The van der Waals surface area contributed by atoms with Crippen molar-refractivity contribution in [2.75, 3.05) is 19.6 Å². The maximum Gasteiger partial charge on any atom is 0.224 e. The molecule has 1 fully saturated rings. The molecule has 2 rings (SSSR count). The molecule has 0 unspecified atom stereocenters. The zero-order chi connectivity index (χ0) is 11.9. The minimum atomic E-state index is 0.146. The normalized spacial score (nSPS) is 19.9. The first kappa shape index (κ1) is 12.0. The first-order valence-corrected chi connectivity index (χ1v) is 6.24. The van der Waals surface area contributed by atoms with Gasteiger partial charge in [0.2, 0.25) is 5.91 Å². The van der Waals surface area contributed by atoms with E-state index in [0.29, 0.717) is 6.54 Å². The van der Waals surface area contributed by atoms with Gasteiger partial charge >= 0.3 is 0 Å². The van der Waals surface area contributed by atoms with E-state index in [-0.39, 0.29) is 11.8 Å². The standard InChI is InChI=1S/C13H19N3O/c17-13(11-4-3-7-14-10-11)16-9-6-12-5-1-2-8-15-12/h1-2,5,8,11,14H,3-4,6-7,9-10H2,(H,16,17)/t11-/m0/s1. The quantitative estimate of drug-likeness (QED) is 0.806. The first-order chi connectivity index (χ1) is 8.36. The molecule has 1 amide bonds. The Bertz CT molecular complexity index is 347. The SMILES string of the molecule is O=C(NCCc1ccccn1)[C@H]1CCCNC1. The van der Waals surface area contributed by atoms with Gasteiger partial charge < -0.3 is 10.6 Å². The van der Waals surface area contributed by atoms with Gasteiger partial charge in [0, 0.05) is 31.4 Å². The van der Waals surface area contributed by atoms with Crippen LogP contribution < -0.4 is 10.6 Å². The molecule has 17 heavy (non-hydrogen) atoms. The van der Waals surface area contributed by atoms with Crippen LogP contribution in [-0.2, 0) is 11.2 Å². The molecule has 1 saturated heterocycles. The molecule has 0 spiro atoms. The van der Waals surface area contributed by atoms with Gasteiger partial charge in [0.15, 0.2) is 0 Å². The molecule has 0 bridgehead atoms. The van der Waals surface area contributed by atoms with Crippen LogP contribution >= 0.6 is 0 Å². The summed E-state index contributed by atoms with van der Waals surface area (Å²) >= 11 is 0. The monoisotopic (exact) mass is 233 g/mol. The lowest BCUT2D eigenvalue weighted by Gasteiger charge is -2.21. The maximum atomic E-state index is 11.8. The molecule has 4 nitrogen and oxygen atoms in total. The highest BCUT2D eigenvalue weighted by atomic mass is 16.1. The fraction of sp³-hybridized carbons (Fsp3) is 0.538. The zero-order valence-electron chi connectivity index (χ0n) is 9.98. The van der Waals surface area contributed by atoms with Crippen LogP contribution in [0.2, 0.25) is 0 Å². The van der Waals surface area contributed by atoms with E-state index in [9.17, 15) is 4.79 Å². The van der Waals surface area contributed by atoms with Crippen molar-refractivity contribution in [2.24, 2.45) is 5.92 Å². The summed E-state index contributed by atoms with van der Waals surface area (Å²) < 4.78 is 0. The number of aromatic nitrogens is 1. The number of carbonyl (C=O) groups is 1. The fourth-order valence-electron chi connectivity index (χ4n) is 2.08. The highest BCUT2D eigenvalue weighted by Gasteiger charge is 2.19. The molecule has 2 heterocycles. The average Bonchev–Trinajstić information content (AvgIpc) is 2.41. The molecule has 2 N–H and O–H groups in total. The number of hydrogen-bond acceptors (Lipinski definition) is 3. The Morgan fingerprint density at radius 3 is 3.18 bits per heavy atom. The Morgan fingerprint density at radius 2 is 2.47 bits per heavy atom. The smallest absolute Gasteiger partial charge is 0.224 e. The van der Waals surface area contributed by atoms with Crippen LogP contribution in [-0.4, -0.2) is 30.5 Å². The van der Waals surface area contributed by atoms with Gasteiger partial charge in [-0.1, -0.05) is 6.07 Å². The number of amides is 1. The van der Waals surface area contributed by atoms with E-state index in [4.69, 9.17) is 0 Å². The second kappa shape index (κ2) is 6.35. The predicted molar refractivity (Wildman–Crippen MR) is 66.5 cm³/mol. The van der Waals surface area contributed by atoms with Crippen molar-refractivity contribution in [2.45, 2.75) is 19.3 Å². The van der Waals surface area contributed by atoms with Crippen LogP contribution in [0.4, 0.5) is 0 Å².